The van der Waals surface area contributed by atoms with Crippen molar-refractivity contribution in [1.82, 2.24) is 34.5 Å². The van der Waals surface area contributed by atoms with Gasteiger partial charge in [0.2, 0.25) is 0 Å². The number of aliphatic hydroxyl groups is 1. The molecular weight excluding hydrogens is 661 g/mol. The van der Waals surface area contributed by atoms with Crippen molar-refractivity contribution in [1.29, 1.82) is 0 Å². The molecule has 2 aliphatic rings. The normalized spacial score (nSPS) is 17.2. The van der Waals surface area contributed by atoms with Gasteiger partial charge in [0.15, 0.2) is 5.75 Å². The Morgan fingerprint density at radius 3 is 2.55 bits per heavy atom. The minimum absolute atomic E-state index is 0.0577. The molecule has 0 saturated carbocycles. The van der Waals surface area contributed by atoms with Crippen LogP contribution >= 0.6 is 0 Å². The van der Waals surface area contributed by atoms with Crippen molar-refractivity contribution in [2.75, 3.05) is 51.2 Å². The van der Waals surface area contributed by atoms with Gasteiger partial charge >= 0.3 is 12.2 Å². The third-order valence-electron chi connectivity index (χ3n) is 9.85. The van der Waals surface area contributed by atoms with Crippen molar-refractivity contribution in [3.05, 3.63) is 94.4 Å². The van der Waals surface area contributed by atoms with E-state index in [1.165, 1.54) is 12.1 Å². The highest BCUT2D eigenvalue weighted by Crippen LogP contribution is 2.38. The summed E-state index contributed by atoms with van der Waals surface area (Å²) in [6.45, 7) is 9.57. The molecule has 268 valence electrons. The van der Waals surface area contributed by atoms with Crippen LogP contribution in [0.4, 0.5) is 23.7 Å². The van der Waals surface area contributed by atoms with E-state index in [0.29, 0.717) is 57.2 Å². The lowest BCUT2D eigenvalue weighted by atomic mass is 9.93. The fourth-order valence-electron chi connectivity index (χ4n) is 7.02. The van der Waals surface area contributed by atoms with Gasteiger partial charge in [-0.3, -0.25) is 14.9 Å². The number of carbonyl (C=O) groups is 1. The molecule has 14 heteroatoms. The number of piperazine rings is 1. The second-order valence-corrected chi connectivity index (χ2v) is 13.4. The third kappa shape index (κ3) is 7.30. The molecule has 0 aliphatic carbocycles. The Bertz CT molecular complexity index is 2050. The molecule has 0 radical (unpaired) electrons. The van der Waals surface area contributed by atoms with E-state index in [0.717, 1.165) is 45.2 Å². The van der Waals surface area contributed by atoms with Crippen LogP contribution in [0.2, 0.25) is 0 Å². The number of benzene rings is 2. The highest BCUT2D eigenvalue weighted by Gasteiger charge is 2.35. The summed E-state index contributed by atoms with van der Waals surface area (Å²) in [6, 6.07) is 13.0. The highest BCUT2D eigenvalue weighted by molar-refractivity contribution is 5.90. The number of amides is 2. The van der Waals surface area contributed by atoms with E-state index in [1.807, 2.05) is 62.2 Å². The summed E-state index contributed by atoms with van der Waals surface area (Å²) >= 11 is 0. The van der Waals surface area contributed by atoms with E-state index >= 15 is 0 Å². The smallest absolute Gasteiger partial charge is 0.416 e. The SMILES string of the molecule is Cc1cc(-c2cc3c(Oc4ccc5c(c4)C(C)N(C(=O)Nc4ccc(CN6CCN(CCO)CC6)c(C(F)(F)F)c4)CC5)c(C)cnn3c2)n[nH]1. The quantitative estimate of drug-likeness (QED) is 0.171. The number of nitrogens with zero attached hydrogens (tertiary/aromatic N) is 6. The summed E-state index contributed by atoms with van der Waals surface area (Å²) in [5, 5.41) is 23.8. The van der Waals surface area contributed by atoms with Crippen molar-refractivity contribution < 1.29 is 27.8 Å². The van der Waals surface area contributed by atoms with Crippen LogP contribution in [0.3, 0.4) is 0 Å². The third-order valence-corrected chi connectivity index (χ3v) is 9.85. The lowest BCUT2D eigenvalue weighted by molar-refractivity contribution is -0.138. The summed E-state index contributed by atoms with van der Waals surface area (Å²) in [5.74, 6) is 1.24. The van der Waals surface area contributed by atoms with E-state index in [4.69, 9.17) is 4.74 Å². The number of H-pyrrole nitrogens is 1. The van der Waals surface area contributed by atoms with E-state index in [2.05, 4.69) is 25.5 Å². The Hall–Kier alpha value is -4.92. The maximum atomic E-state index is 14.3. The van der Waals surface area contributed by atoms with E-state index in [-0.39, 0.29) is 30.4 Å². The molecule has 5 aromatic rings. The largest absolute Gasteiger partial charge is 0.455 e. The van der Waals surface area contributed by atoms with Crippen LogP contribution in [0, 0.1) is 13.8 Å². The molecule has 0 spiro atoms. The van der Waals surface area contributed by atoms with Crippen LogP contribution in [0.25, 0.3) is 16.8 Å². The number of β-amino-alcohol motifs (C(OH)–C–C–N with tert-alkyl or cyclic N) is 1. The van der Waals surface area contributed by atoms with Gasteiger partial charge in [-0.05, 0) is 80.3 Å². The van der Waals surface area contributed by atoms with Crippen LogP contribution < -0.4 is 10.1 Å². The number of rotatable bonds is 8. The monoisotopic (exact) mass is 702 g/mol. The van der Waals surface area contributed by atoms with Crippen LogP contribution in [0.15, 0.2) is 60.9 Å². The molecule has 1 unspecified atom stereocenters. The molecule has 2 aromatic carbocycles. The number of fused-ring (bicyclic) bond motifs is 2. The van der Waals surface area contributed by atoms with Gasteiger partial charge in [-0.15, -0.1) is 0 Å². The molecule has 3 aromatic heterocycles. The first kappa shape index (κ1) is 34.5. The Morgan fingerprint density at radius 1 is 1.04 bits per heavy atom. The van der Waals surface area contributed by atoms with Crippen molar-refractivity contribution in [2.45, 2.75) is 46.0 Å². The van der Waals surface area contributed by atoms with Crippen LogP contribution in [-0.2, 0) is 19.1 Å². The zero-order valence-corrected chi connectivity index (χ0v) is 28.8. The van der Waals surface area contributed by atoms with Gasteiger partial charge in [0.25, 0.3) is 0 Å². The molecule has 51 heavy (non-hydrogen) atoms. The fourth-order valence-corrected chi connectivity index (χ4v) is 7.02. The van der Waals surface area contributed by atoms with Crippen LogP contribution in [0.1, 0.15) is 46.5 Å². The summed E-state index contributed by atoms with van der Waals surface area (Å²) in [6.07, 6.45) is -0.347. The first-order valence-electron chi connectivity index (χ1n) is 17.1. The standard InChI is InChI=1S/C37H41F3N8O3/c1-23-20-41-48-22-28(33-16-24(2)43-44-33)17-34(48)35(23)51-30-7-5-26-8-9-47(25(3)31(26)19-30)36(50)42-29-6-4-27(32(18-29)37(38,39)40)21-46-12-10-45(11-13-46)14-15-49/h4-7,16-20,22,25,49H,8-15,21H2,1-3H3,(H,42,50)(H,43,44). The Morgan fingerprint density at radius 2 is 1.82 bits per heavy atom. The number of anilines is 1. The first-order chi connectivity index (χ1) is 24.5. The number of carbonyl (C=O) groups excluding carboxylic acids is 1. The zero-order chi connectivity index (χ0) is 35.9. The maximum Gasteiger partial charge on any atom is 0.416 e. The van der Waals surface area contributed by atoms with Crippen molar-refractivity contribution in [3.63, 3.8) is 0 Å². The molecule has 0 bridgehead atoms. The lowest BCUT2D eigenvalue weighted by Gasteiger charge is -2.35. The predicted octanol–water partition coefficient (Wildman–Crippen LogP) is 6.41. The minimum atomic E-state index is -4.58. The van der Waals surface area contributed by atoms with Gasteiger partial charge in [0, 0.05) is 74.5 Å². The van der Waals surface area contributed by atoms with E-state index < -0.39 is 17.8 Å². The summed E-state index contributed by atoms with van der Waals surface area (Å²) in [5.41, 5.74) is 5.76. The van der Waals surface area contributed by atoms with Gasteiger partial charge in [-0.25, -0.2) is 9.31 Å². The topological polar surface area (TPSA) is 114 Å². The van der Waals surface area contributed by atoms with Crippen molar-refractivity contribution in [3.8, 4) is 22.8 Å². The Kier molecular flexibility index (Phi) is 9.48. The van der Waals surface area contributed by atoms with E-state index in [1.54, 1.807) is 15.6 Å². The number of aryl methyl sites for hydroxylation is 2. The average Bonchev–Trinajstić information content (AvgIpc) is 3.74. The Labute approximate surface area is 293 Å². The Balaban J connectivity index is 1.06. The van der Waals surface area contributed by atoms with Gasteiger partial charge in [-0.1, -0.05) is 12.1 Å². The number of urea groups is 1. The number of aliphatic hydroxyl groups excluding tert-OH is 1. The molecule has 1 saturated heterocycles. The molecule has 2 aliphatic heterocycles. The molecule has 3 N–H and O–H groups in total. The second kappa shape index (κ2) is 14.0. The highest BCUT2D eigenvalue weighted by atomic mass is 19.4. The summed E-state index contributed by atoms with van der Waals surface area (Å²) < 4.78 is 51.0. The maximum absolute atomic E-state index is 14.3. The number of halogens is 3. The van der Waals surface area contributed by atoms with Gasteiger partial charge in [-0.2, -0.15) is 23.4 Å². The number of alkyl halides is 3. The van der Waals surface area contributed by atoms with Gasteiger partial charge in [0.05, 0.1) is 30.1 Å². The molecular formula is C37H41F3N8O3. The van der Waals surface area contributed by atoms with Crippen molar-refractivity contribution in [2.24, 2.45) is 0 Å². The molecule has 2 amide bonds. The fraction of sp³-hybridized carbons (Fsp3) is 0.378. The zero-order valence-electron chi connectivity index (χ0n) is 28.8. The number of hydrogen-bond acceptors (Lipinski definition) is 7. The average molecular weight is 703 g/mol. The van der Waals surface area contributed by atoms with Crippen LogP contribution in [0.5, 0.6) is 11.5 Å². The predicted molar refractivity (Wildman–Crippen MR) is 187 cm³/mol. The van der Waals surface area contributed by atoms with E-state index in [9.17, 15) is 23.1 Å². The molecule has 1 fully saturated rings. The van der Waals surface area contributed by atoms with Crippen molar-refractivity contribution >= 4 is 17.2 Å². The molecule has 11 nitrogen and oxygen atoms in total. The first-order valence-corrected chi connectivity index (χ1v) is 17.1. The molecule has 7 rings (SSSR count). The number of aromatic nitrogens is 4. The van der Waals surface area contributed by atoms with Gasteiger partial charge in [0.1, 0.15) is 11.3 Å². The molecule has 5 heterocycles. The summed E-state index contributed by atoms with van der Waals surface area (Å²) in [7, 11) is 0. The van der Waals surface area contributed by atoms with Crippen LogP contribution in [-0.4, -0.2) is 91.5 Å². The second-order valence-electron chi connectivity index (χ2n) is 13.4. The number of aromatic amines is 1. The number of ether oxygens (including phenoxy) is 1. The molecule has 1 atom stereocenters. The number of hydrogen-bond donors (Lipinski definition) is 3. The number of nitrogens with one attached hydrogen (secondary N) is 2. The lowest BCUT2D eigenvalue weighted by Crippen LogP contribution is -2.46. The minimum Gasteiger partial charge on any atom is -0.455 e. The van der Waals surface area contributed by atoms with Gasteiger partial charge < -0.3 is 20.1 Å². The summed E-state index contributed by atoms with van der Waals surface area (Å²) in [4.78, 5) is 19.3.